The highest BCUT2D eigenvalue weighted by Gasteiger charge is 2.57. The van der Waals surface area contributed by atoms with Crippen molar-refractivity contribution in [3.63, 3.8) is 0 Å². The lowest BCUT2D eigenvalue weighted by molar-refractivity contribution is -0.147. The van der Waals surface area contributed by atoms with Gasteiger partial charge < -0.3 is 20.1 Å². The Kier molecular flexibility index (Phi) is 4.09. The first-order valence-corrected chi connectivity index (χ1v) is 9.42. The molecule has 3 saturated carbocycles. The van der Waals surface area contributed by atoms with Crippen LogP contribution in [-0.2, 0) is 4.79 Å². The minimum atomic E-state index is -0.700. The van der Waals surface area contributed by atoms with Crippen molar-refractivity contribution in [2.24, 2.45) is 17.8 Å². The second kappa shape index (κ2) is 6.18. The quantitative estimate of drug-likeness (QED) is 0.870. The summed E-state index contributed by atoms with van der Waals surface area (Å²) < 4.78 is 11.6. The maximum absolute atomic E-state index is 12.7. The van der Waals surface area contributed by atoms with Crippen molar-refractivity contribution >= 4 is 11.8 Å². The molecule has 1 aliphatic heterocycles. The van der Waals surface area contributed by atoms with E-state index in [-0.39, 0.29) is 35.6 Å². The van der Waals surface area contributed by atoms with Crippen LogP contribution in [0.4, 0.5) is 0 Å². The number of amides is 2. The Hall–Kier alpha value is -2.24. The maximum Gasteiger partial charge on any atom is 0.258 e. The van der Waals surface area contributed by atoms with Gasteiger partial charge in [-0.05, 0) is 51.2 Å². The third-order valence-electron chi connectivity index (χ3n) is 6.04. The molecular formula is C20H26N2O4. The fourth-order valence-corrected chi connectivity index (χ4v) is 4.83. The highest BCUT2D eigenvalue weighted by molar-refractivity contribution is 5.98. The topological polar surface area (TPSA) is 76.7 Å². The molecule has 2 N–H and O–H groups in total. The van der Waals surface area contributed by atoms with Gasteiger partial charge in [-0.1, -0.05) is 0 Å². The third kappa shape index (κ3) is 2.72. The molecule has 0 radical (unpaired) electrons. The zero-order valence-electron chi connectivity index (χ0n) is 15.5. The third-order valence-corrected chi connectivity index (χ3v) is 6.04. The van der Waals surface area contributed by atoms with E-state index in [2.05, 4.69) is 10.6 Å². The smallest absolute Gasteiger partial charge is 0.258 e. The Bertz CT molecular complexity index is 747. The van der Waals surface area contributed by atoms with E-state index in [1.807, 2.05) is 13.8 Å². The minimum absolute atomic E-state index is 0.00832. The second-order valence-corrected chi connectivity index (χ2v) is 8.05. The van der Waals surface area contributed by atoms with Crippen LogP contribution in [0.2, 0.25) is 0 Å². The Balaban J connectivity index is 1.59. The summed E-state index contributed by atoms with van der Waals surface area (Å²) in [5.74, 6) is 1.64. The Morgan fingerprint density at radius 2 is 2.19 bits per heavy atom. The van der Waals surface area contributed by atoms with Crippen molar-refractivity contribution in [3.8, 4) is 11.5 Å². The number of carbonyl (C=O) groups excluding carboxylic acids is 2. The number of fused-ring (bicyclic) bond motifs is 3. The molecular weight excluding hydrogens is 332 g/mol. The Labute approximate surface area is 153 Å². The van der Waals surface area contributed by atoms with Crippen LogP contribution in [0.25, 0.3) is 0 Å². The molecule has 4 atom stereocenters. The molecule has 1 aromatic rings. The van der Waals surface area contributed by atoms with Crippen molar-refractivity contribution < 1.29 is 19.1 Å². The predicted molar refractivity (Wildman–Crippen MR) is 96.0 cm³/mol. The van der Waals surface area contributed by atoms with E-state index >= 15 is 0 Å². The molecule has 0 unspecified atom stereocenters. The van der Waals surface area contributed by atoms with Gasteiger partial charge in [0.15, 0.2) is 5.72 Å². The standard InChI is InChI=1S/C20H26N2O4/c1-11(2)21-18(23)16-8-13-5-4-12(16)10-20(13)22-19(24)15-7-6-14(25-3)9-17(15)26-20/h6-7,9,11-13,16H,4-5,8,10H2,1-3H3,(H,21,23)(H,22,24)/t12-,13+,16-,20-/m1/s1. The van der Waals surface area contributed by atoms with E-state index in [9.17, 15) is 9.59 Å². The average molecular weight is 358 g/mol. The molecule has 26 heavy (non-hydrogen) atoms. The monoisotopic (exact) mass is 358 g/mol. The van der Waals surface area contributed by atoms with E-state index in [0.29, 0.717) is 23.5 Å². The van der Waals surface area contributed by atoms with Gasteiger partial charge in [0.25, 0.3) is 5.91 Å². The Morgan fingerprint density at radius 3 is 2.85 bits per heavy atom. The molecule has 3 fully saturated rings. The van der Waals surface area contributed by atoms with Crippen molar-refractivity contribution in [1.29, 1.82) is 0 Å². The number of benzene rings is 1. The number of ether oxygens (including phenoxy) is 2. The van der Waals surface area contributed by atoms with Crippen molar-refractivity contribution in [3.05, 3.63) is 23.8 Å². The molecule has 1 spiro atoms. The first-order valence-electron chi connectivity index (χ1n) is 9.42. The van der Waals surface area contributed by atoms with Gasteiger partial charge >= 0.3 is 0 Å². The average Bonchev–Trinajstić information content (AvgIpc) is 2.60. The van der Waals surface area contributed by atoms with E-state index in [0.717, 1.165) is 19.3 Å². The molecule has 3 aliphatic carbocycles. The largest absolute Gasteiger partial charge is 0.497 e. The van der Waals surface area contributed by atoms with Crippen LogP contribution >= 0.6 is 0 Å². The van der Waals surface area contributed by atoms with E-state index < -0.39 is 5.72 Å². The molecule has 0 aromatic heterocycles. The fourth-order valence-electron chi connectivity index (χ4n) is 4.83. The normalized spacial score (nSPS) is 32.0. The summed E-state index contributed by atoms with van der Waals surface area (Å²) in [5.41, 5.74) is -0.166. The lowest BCUT2D eigenvalue weighted by atomic mass is 9.60. The number of hydrogen-bond donors (Lipinski definition) is 2. The molecule has 2 bridgehead atoms. The highest BCUT2D eigenvalue weighted by atomic mass is 16.5. The van der Waals surface area contributed by atoms with Crippen molar-refractivity contribution in [2.45, 2.75) is 51.3 Å². The molecule has 6 heteroatoms. The van der Waals surface area contributed by atoms with Crippen LogP contribution < -0.4 is 20.1 Å². The predicted octanol–water partition coefficient (Wildman–Crippen LogP) is 2.47. The number of nitrogens with one attached hydrogen (secondary N) is 2. The number of methoxy groups -OCH3 is 1. The molecule has 140 valence electrons. The summed E-state index contributed by atoms with van der Waals surface area (Å²) in [6, 6.07) is 5.41. The zero-order valence-corrected chi connectivity index (χ0v) is 15.5. The summed E-state index contributed by atoms with van der Waals surface area (Å²) in [4.78, 5) is 25.2. The van der Waals surface area contributed by atoms with Gasteiger partial charge in [-0.25, -0.2) is 0 Å². The molecule has 6 nitrogen and oxygen atoms in total. The van der Waals surface area contributed by atoms with Gasteiger partial charge in [-0.15, -0.1) is 0 Å². The van der Waals surface area contributed by atoms with Gasteiger partial charge in [0.05, 0.1) is 12.7 Å². The molecule has 0 saturated heterocycles. The van der Waals surface area contributed by atoms with Crippen LogP contribution in [0.5, 0.6) is 11.5 Å². The highest BCUT2D eigenvalue weighted by Crippen LogP contribution is 2.52. The van der Waals surface area contributed by atoms with Gasteiger partial charge in [0.1, 0.15) is 11.5 Å². The van der Waals surface area contributed by atoms with Crippen LogP contribution in [0.3, 0.4) is 0 Å². The fraction of sp³-hybridized carbons (Fsp3) is 0.600. The second-order valence-electron chi connectivity index (χ2n) is 8.05. The van der Waals surface area contributed by atoms with E-state index in [1.54, 1.807) is 25.3 Å². The molecule has 2 amide bonds. The van der Waals surface area contributed by atoms with E-state index in [4.69, 9.17) is 9.47 Å². The summed E-state index contributed by atoms with van der Waals surface area (Å²) in [5, 5.41) is 6.17. The number of hydrogen-bond acceptors (Lipinski definition) is 4. The molecule has 1 aromatic carbocycles. The van der Waals surface area contributed by atoms with Gasteiger partial charge in [0.2, 0.25) is 5.91 Å². The number of carbonyl (C=O) groups is 2. The lowest BCUT2D eigenvalue weighted by Crippen LogP contribution is -2.67. The van der Waals surface area contributed by atoms with Gasteiger partial charge in [-0.3, -0.25) is 9.59 Å². The first-order chi connectivity index (χ1) is 12.4. The molecule has 4 aliphatic rings. The SMILES string of the molecule is COc1ccc2c(c1)O[C@@]1(C[C@H]3CC[C@H]1C[C@H]3C(=O)NC(C)C)NC2=O. The molecule has 5 rings (SSSR count). The zero-order chi connectivity index (χ0) is 18.5. The summed E-state index contributed by atoms with van der Waals surface area (Å²) in [6.07, 6.45) is 3.40. The maximum atomic E-state index is 12.7. The number of rotatable bonds is 3. The summed E-state index contributed by atoms with van der Waals surface area (Å²) in [6.45, 7) is 3.96. The Morgan fingerprint density at radius 1 is 1.38 bits per heavy atom. The summed E-state index contributed by atoms with van der Waals surface area (Å²) in [7, 11) is 1.60. The first kappa shape index (κ1) is 17.2. The molecule has 1 heterocycles. The van der Waals surface area contributed by atoms with Crippen molar-refractivity contribution in [1.82, 2.24) is 10.6 Å². The summed E-state index contributed by atoms with van der Waals surface area (Å²) >= 11 is 0. The lowest BCUT2D eigenvalue weighted by Gasteiger charge is -2.55. The van der Waals surface area contributed by atoms with Gasteiger partial charge in [0, 0.05) is 30.4 Å². The van der Waals surface area contributed by atoms with Crippen LogP contribution in [0.1, 0.15) is 49.9 Å². The van der Waals surface area contributed by atoms with Crippen LogP contribution in [-0.4, -0.2) is 30.7 Å². The van der Waals surface area contributed by atoms with Crippen LogP contribution in [0.15, 0.2) is 18.2 Å². The van der Waals surface area contributed by atoms with Crippen molar-refractivity contribution in [2.75, 3.05) is 7.11 Å². The minimum Gasteiger partial charge on any atom is -0.497 e. The van der Waals surface area contributed by atoms with E-state index in [1.165, 1.54) is 0 Å². The van der Waals surface area contributed by atoms with Crippen LogP contribution in [0, 0.1) is 17.8 Å². The van der Waals surface area contributed by atoms with Gasteiger partial charge in [-0.2, -0.15) is 0 Å².